The van der Waals surface area contributed by atoms with E-state index in [2.05, 4.69) is 5.32 Å². The highest BCUT2D eigenvalue weighted by Gasteiger charge is 2.50. The first kappa shape index (κ1) is 23.0. The topological polar surface area (TPSA) is 81.7 Å². The van der Waals surface area contributed by atoms with Crippen LogP contribution in [0, 0.1) is 0 Å². The van der Waals surface area contributed by atoms with Crippen molar-refractivity contribution in [2.45, 2.75) is 69.1 Å². The lowest BCUT2D eigenvalue weighted by Crippen LogP contribution is -2.66. The summed E-state index contributed by atoms with van der Waals surface area (Å²) in [5.74, 6) is 0.659. The maximum atomic E-state index is 13.3. The largest absolute Gasteiger partial charge is 0.516 e. The number of nitrogens with zero attached hydrogens (tertiary/aromatic N) is 1. The molecule has 0 aromatic heterocycles. The van der Waals surface area contributed by atoms with Crippen LogP contribution in [0.5, 0.6) is 5.75 Å². The molecule has 0 atom stereocenters. The summed E-state index contributed by atoms with van der Waals surface area (Å²) in [5, 5.41) is 3.39. The third-order valence-corrected chi connectivity index (χ3v) is 7.15. The number of likely N-dealkylation sites (tertiary alicyclic amines) is 1. The number of nitrogens with one attached hydrogen (secondary N) is 1. The van der Waals surface area contributed by atoms with Gasteiger partial charge in [0.15, 0.2) is 9.84 Å². The van der Waals surface area contributed by atoms with E-state index in [-0.39, 0.29) is 23.1 Å². The number of carbonyl (C=O) groups excluding carboxylic acids is 1. The van der Waals surface area contributed by atoms with Gasteiger partial charge in [-0.05, 0) is 45.0 Å². The fourth-order valence-corrected chi connectivity index (χ4v) is 5.06. The van der Waals surface area contributed by atoms with E-state index >= 15 is 0 Å². The summed E-state index contributed by atoms with van der Waals surface area (Å²) in [6.07, 6.45) is 4.54. The van der Waals surface area contributed by atoms with Crippen LogP contribution in [0.25, 0.3) is 0 Å². The van der Waals surface area contributed by atoms with Crippen LogP contribution in [0.3, 0.4) is 0 Å². The summed E-state index contributed by atoms with van der Waals surface area (Å²) < 4.78 is 35.6. The monoisotopic (exact) mass is 439 g/mol. The molecule has 8 heteroatoms. The molecule has 0 saturated carbocycles. The number of rotatable bonds is 4. The molecule has 1 amide bonds. The zero-order chi connectivity index (χ0) is 22.0. The maximum absolute atomic E-state index is 13.3. The first-order valence-corrected chi connectivity index (χ1v) is 12.7. The molecule has 1 N–H and O–H groups in total. The van der Waals surface area contributed by atoms with Gasteiger partial charge in [-0.2, -0.15) is 4.79 Å². The predicted molar refractivity (Wildman–Crippen MR) is 115 cm³/mol. The summed E-state index contributed by atoms with van der Waals surface area (Å²) >= 11 is 0. The Morgan fingerprint density at radius 3 is 2.10 bits per heavy atom. The van der Waals surface area contributed by atoms with Gasteiger partial charge in [-0.25, -0.2) is 12.9 Å². The van der Waals surface area contributed by atoms with Gasteiger partial charge in [0.2, 0.25) is 0 Å². The molecule has 0 spiro atoms. The average Bonchev–Trinajstić information content (AvgIpc) is 2.68. The fourth-order valence-electron chi connectivity index (χ4n) is 4.43. The highest BCUT2D eigenvalue weighted by atomic mass is 32.2. The van der Waals surface area contributed by atoms with Gasteiger partial charge >= 0.3 is 6.09 Å². The van der Waals surface area contributed by atoms with Crippen LogP contribution in [0.1, 0.15) is 46.5 Å². The molecule has 0 bridgehead atoms. The number of carbonyl (C=O) groups is 1. The van der Waals surface area contributed by atoms with E-state index in [4.69, 9.17) is 9.47 Å². The molecule has 1 aromatic rings. The normalized spacial score (nSPS) is 26.2. The molecule has 168 valence electrons. The molecule has 2 saturated heterocycles. The molecule has 2 heterocycles. The molecule has 2 fully saturated rings. The van der Waals surface area contributed by atoms with Crippen LogP contribution >= 0.6 is 0 Å². The molecule has 0 radical (unpaired) electrons. The number of hydrogen-bond donors (Lipinski definition) is 1. The Kier molecular flexibility index (Phi) is 6.79. The van der Waals surface area contributed by atoms with Crippen molar-refractivity contribution in [3.63, 3.8) is 0 Å². The number of sulfone groups is 1. The first-order valence-electron chi connectivity index (χ1n) is 10.8. The van der Waals surface area contributed by atoms with Crippen LogP contribution in [0.15, 0.2) is 29.2 Å². The van der Waals surface area contributed by atoms with Crippen LogP contribution in [0.2, 0.25) is 0 Å². The SMILES string of the molecule is CC(C)(C)OC(=O)[N+]1(C2CCNCC2)CCC(Oc2ccc(S(C)(=O)=O)cc2)CC1. The Morgan fingerprint density at radius 2 is 1.60 bits per heavy atom. The number of hydrogen-bond acceptors (Lipinski definition) is 6. The third kappa shape index (κ3) is 5.53. The third-order valence-electron chi connectivity index (χ3n) is 6.02. The number of benzene rings is 1. The second-order valence-corrected chi connectivity index (χ2v) is 11.5. The van der Waals surface area contributed by atoms with Gasteiger partial charge in [-0.15, -0.1) is 0 Å². The Bertz CT molecular complexity index is 831. The highest BCUT2D eigenvalue weighted by molar-refractivity contribution is 7.90. The Morgan fingerprint density at radius 1 is 1.03 bits per heavy atom. The van der Waals surface area contributed by atoms with E-state index in [1.54, 1.807) is 24.3 Å². The number of quaternary nitrogens is 1. The molecule has 1 aromatic carbocycles. The van der Waals surface area contributed by atoms with Crippen LogP contribution in [0.4, 0.5) is 4.79 Å². The van der Waals surface area contributed by atoms with Crippen molar-refractivity contribution in [2.75, 3.05) is 32.4 Å². The summed E-state index contributed by atoms with van der Waals surface area (Å²) in [5.41, 5.74) is -0.510. The quantitative estimate of drug-likeness (QED) is 0.726. The van der Waals surface area contributed by atoms with E-state index in [1.807, 2.05) is 20.8 Å². The summed E-state index contributed by atoms with van der Waals surface area (Å²) in [6.45, 7) is 9.01. The van der Waals surface area contributed by atoms with Crippen LogP contribution < -0.4 is 10.1 Å². The van der Waals surface area contributed by atoms with Crippen molar-refractivity contribution >= 4 is 15.9 Å². The molecule has 2 aliphatic heterocycles. The van der Waals surface area contributed by atoms with Crippen molar-refractivity contribution in [3.8, 4) is 5.75 Å². The zero-order valence-electron chi connectivity index (χ0n) is 18.5. The summed E-state index contributed by atoms with van der Waals surface area (Å²) in [4.78, 5) is 13.5. The Hall–Kier alpha value is -1.64. The smallest absolute Gasteiger partial charge is 0.490 e. The van der Waals surface area contributed by atoms with Gasteiger partial charge in [-0.3, -0.25) is 0 Å². The van der Waals surface area contributed by atoms with Gasteiger partial charge in [-0.1, -0.05) is 0 Å². The van der Waals surface area contributed by atoms with Crippen LogP contribution in [-0.2, 0) is 14.6 Å². The average molecular weight is 440 g/mol. The minimum atomic E-state index is -3.22. The maximum Gasteiger partial charge on any atom is 0.516 e. The van der Waals surface area contributed by atoms with Gasteiger partial charge in [0, 0.05) is 45.0 Å². The minimum absolute atomic E-state index is 0.00415. The zero-order valence-corrected chi connectivity index (χ0v) is 19.3. The lowest BCUT2D eigenvalue weighted by atomic mass is 9.96. The standard InChI is InChI=1S/C22H35N2O5S/c1-22(2,3)29-21(25)24(17-9-13-23-14-10-17)15-11-19(12-16-24)28-18-5-7-20(8-6-18)30(4,26)27/h5-8,17,19,23H,9-16H2,1-4H3/q+1. The van der Waals surface area contributed by atoms with Gasteiger partial charge < -0.3 is 14.8 Å². The molecule has 0 unspecified atom stereocenters. The fraction of sp³-hybridized carbons (Fsp3) is 0.682. The first-order chi connectivity index (χ1) is 14.0. The highest BCUT2D eigenvalue weighted by Crippen LogP contribution is 2.32. The lowest BCUT2D eigenvalue weighted by molar-refractivity contribution is -0.890. The van der Waals surface area contributed by atoms with Crippen molar-refractivity contribution in [1.82, 2.24) is 5.32 Å². The van der Waals surface area contributed by atoms with Crippen molar-refractivity contribution in [2.24, 2.45) is 0 Å². The summed E-state index contributed by atoms with van der Waals surface area (Å²) in [6, 6.07) is 6.82. The molecular formula is C22H35N2O5S+. The molecule has 0 aliphatic carbocycles. The van der Waals surface area contributed by atoms with Crippen molar-refractivity contribution in [1.29, 1.82) is 0 Å². The van der Waals surface area contributed by atoms with E-state index in [0.29, 0.717) is 23.3 Å². The second-order valence-electron chi connectivity index (χ2n) is 9.50. The minimum Gasteiger partial charge on any atom is -0.490 e. The number of piperidine rings is 2. The van der Waals surface area contributed by atoms with E-state index < -0.39 is 15.4 Å². The predicted octanol–water partition coefficient (Wildman–Crippen LogP) is 3.14. The van der Waals surface area contributed by atoms with Crippen molar-refractivity contribution < 1.29 is 27.2 Å². The molecular weight excluding hydrogens is 404 g/mol. The van der Waals surface area contributed by atoms with Crippen LogP contribution in [-0.4, -0.2) is 69.2 Å². The van der Waals surface area contributed by atoms with Crippen molar-refractivity contribution in [3.05, 3.63) is 24.3 Å². The summed E-state index contributed by atoms with van der Waals surface area (Å²) in [7, 11) is -3.22. The van der Waals surface area contributed by atoms with Gasteiger partial charge in [0.25, 0.3) is 0 Å². The number of amides is 1. The second kappa shape index (κ2) is 8.85. The molecule has 2 aliphatic rings. The Balaban J connectivity index is 1.69. The van der Waals surface area contributed by atoms with Gasteiger partial charge in [0.1, 0.15) is 23.5 Å². The Labute approximate surface area is 180 Å². The molecule has 3 rings (SSSR count). The van der Waals surface area contributed by atoms with E-state index in [9.17, 15) is 13.2 Å². The lowest BCUT2D eigenvalue weighted by Gasteiger charge is -2.47. The molecule has 7 nitrogen and oxygen atoms in total. The molecule has 30 heavy (non-hydrogen) atoms. The number of ether oxygens (including phenoxy) is 2. The van der Waals surface area contributed by atoms with E-state index in [0.717, 1.165) is 38.8 Å². The van der Waals surface area contributed by atoms with E-state index in [1.165, 1.54) is 6.26 Å². The van der Waals surface area contributed by atoms with Gasteiger partial charge in [0.05, 0.1) is 18.0 Å².